The summed E-state index contributed by atoms with van der Waals surface area (Å²) in [6, 6.07) is 12.1. The van der Waals surface area contributed by atoms with E-state index in [-0.39, 0.29) is 0 Å². The second-order valence-corrected chi connectivity index (χ2v) is 6.82. The van der Waals surface area contributed by atoms with Crippen LogP contribution in [0.4, 0.5) is 5.82 Å². The molecule has 1 aromatic carbocycles. The third-order valence-corrected chi connectivity index (χ3v) is 4.90. The van der Waals surface area contributed by atoms with Crippen molar-refractivity contribution in [1.29, 1.82) is 5.26 Å². The van der Waals surface area contributed by atoms with Crippen LogP contribution in [-0.2, 0) is 0 Å². The molecule has 3 rings (SSSR count). The molecule has 0 radical (unpaired) electrons. The first kappa shape index (κ1) is 17.5. The quantitative estimate of drug-likeness (QED) is 0.449. The lowest BCUT2D eigenvalue weighted by Gasteiger charge is -2.15. The first-order valence-corrected chi connectivity index (χ1v) is 9.87. The largest absolute Gasteiger partial charge is 0.368 e. The first-order valence-electron chi connectivity index (χ1n) is 8.65. The molecular weight excluding hydrogens is 328 g/mol. The Morgan fingerprint density at radius 1 is 1.20 bits per heavy atom. The van der Waals surface area contributed by atoms with Crippen LogP contribution in [0.2, 0.25) is 0 Å². The molecule has 0 unspecified atom stereocenters. The molecule has 0 bridgehead atoms. The van der Waals surface area contributed by atoms with Crippen molar-refractivity contribution in [3.05, 3.63) is 47.5 Å². The Kier molecular flexibility index (Phi) is 6.08. The predicted molar refractivity (Wildman–Crippen MR) is 104 cm³/mol. The highest BCUT2D eigenvalue weighted by molar-refractivity contribution is 7.98. The molecule has 0 spiro atoms. The fraction of sp³-hybridized carbons (Fsp3) is 0.350. The normalized spacial score (nSPS) is 13.8. The monoisotopic (exact) mass is 350 g/mol. The van der Waals surface area contributed by atoms with Crippen LogP contribution in [0.3, 0.4) is 0 Å². The van der Waals surface area contributed by atoms with Gasteiger partial charge in [0.15, 0.2) is 5.16 Å². The molecule has 0 fully saturated rings. The number of nitriles is 1. The fourth-order valence-corrected chi connectivity index (χ4v) is 3.41. The number of anilines is 1. The Labute approximate surface area is 153 Å². The molecule has 1 heterocycles. The predicted octanol–water partition coefficient (Wildman–Crippen LogP) is 5.04. The standard InChI is InChI=1S/C20H22N4S/c1-25-20-23-18(16-10-6-3-7-11-16)17(14-21)19(24-20)22-13-12-15-8-4-2-5-9-15/h3,6-8,10-11H,2,4-5,9,12-13H2,1H3,(H,22,23,24). The summed E-state index contributed by atoms with van der Waals surface area (Å²) in [5.41, 5.74) is 3.66. The number of nitrogens with one attached hydrogen (secondary N) is 1. The first-order chi connectivity index (χ1) is 12.3. The van der Waals surface area contributed by atoms with Gasteiger partial charge in [0.05, 0.1) is 5.69 Å². The average Bonchev–Trinajstić information content (AvgIpc) is 2.69. The Bertz CT molecular complexity index is 793. The smallest absolute Gasteiger partial charge is 0.189 e. The van der Waals surface area contributed by atoms with Gasteiger partial charge in [0, 0.05) is 12.1 Å². The van der Waals surface area contributed by atoms with Crippen molar-refractivity contribution < 1.29 is 0 Å². The molecule has 25 heavy (non-hydrogen) atoms. The van der Waals surface area contributed by atoms with Crippen LogP contribution < -0.4 is 5.32 Å². The molecule has 4 nitrogen and oxygen atoms in total. The highest BCUT2D eigenvalue weighted by atomic mass is 32.2. The Balaban J connectivity index is 1.85. The summed E-state index contributed by atoms with van der Waals surface area (Å²) in [5.74, 6) is 0.636. The maximum absolute atomic E-state index is 9.68. The molecule has 0 saturated heterocycles. The second-order valence-electron chi connectivity index (χ2n) is 6.05. The average molecular weight is 350 g/mol. The summed E-state index contributed by atoms with van der Waals surface area (Å²) in [6.45, 7) is 0.791. The minimum absolute atomic E-state index is 0.515. The molecule has 1 aliphatic carbocycles. The van der Waals surface area contributed by atoms with E-state index in [2.05, 4.69) is 27.4 Å². The fourth-order valence-electron chi connectivity index (χ4n) is 3.04. The maximum atomic E-state index is 9.68. The van der Waals surface area contributed by atoms with Gasteiger partial charge >= 0.3 is 0 Å². The number of aromatic nitrogens is 2. The van der Waals surface area contributed by atoms with Crippen LogP contribution in [0, 0.1) is 11.3 Å². The van der Waals surface area contributed by atoms with Crippen LogP contribution in [-0.4, -0.2) is 22.8 Å². The van der Waals surface area contributed by atoms with Crippen molar-refractivity contribution in [2.24, 2.45) is 0 Å². The zero-order valence-corrected chi connectivity index (χ0v) is 15.3. The van der Waals surface area contributed by atoms with Crippen LogP contribution in [0.15, 0.2) is 47.1 Å². The van der Waals surface area contributed by atoms with E-state index in [4.69, 9.17) is 0 Å². The molecular formula is C20H22N4S. The van der Waals surface area contributed by atoms with Gasteiger partial charge in [-0.1, -0.05) is 53.7 Å². The number of thioether (sulfide) groups is 1. The SMILES string of the molecule is CSc1nc(NCCC2=CCCCC2)c(C#N)c(-c2ccccc2)n1. The van der Waals surface area contributed by atoms with Crippen molar-refractivity contribution in [1.82, 2.24) is 9.97 Å². The molecule has 1 aromatic heterocycles. The summed E-state index contributed by atoms with van der Waals surface area (Å²) in [6.07, 6.45) is 10.3. The molecule has 1 aliphatic rings. The number of nitrogens with zero attached hydrogens (tertiary/aromatic N) is 3. The lowest BCUT2D eigenvalue weighted by Crippen LogP contribution is -2.09. The number of benzene rings is 1. The van der Waals surface area contributed by atoms with Crippen molar-refractivity contribution >= 4 is 17.6 Å². The lowest BCUT2D eigenvalue weighted by atomic mass is 9.97. The zero-order chi connectivity index (χ0) is 17.5. The van der Waals surface area contributed by atoms with Crippen molar-refractivity contribution in [3.8, 4) is 17.3 Å². The van der Waals surface area contributed by atoms with E-state index in [0.717, 1.165) is 18.5 Å². The van der Waals surface area contributed by atoms with E-state index in [9.17, 15) is 5.26 Å². The van der Waals surface area contributed by atoms with Gasteiger partial charge in [0.2, 0.25) is 0 Å². The number of rotatable bonds is 6. The van der Waals surface area contributed by atoms with Crippen LogP contribution in [0.25, 0.3) is 11.3 Å². The van der Waals surface area contributed by atoms with E-state index < -0.39 is 0 Å². The molecule has 5 heteroatoms. The minimum Gasteiger partial charge on any atom is -0.368 e. The minimum atomic E-state index is 0.515. The molecule has 0 amide bonds. The number of hydrogen-bond donors (Lipinski definition) is 1. The van der Waals surface area contributed by atoms with Crippen LogP contribution in [0.1, 0.15) is 37.7 Å². The molecule has 0 saturated carbocycles. The molecule has 1 N–H and O–H groups in total. The summed E-state index contributed by atoms with van der Waals surface area (Å²) in [5, 5.41) is 13.7. The Morgan fingerprint density at radius 2 is 2.04 bits per heavy atom. The second kappa shape index (κ2) is 8.68. The van der Waals surface area contributed by atoms with E-state index in [1.807, 2.05) is 36.6 Å². The van der Waals surface area contributed by atoms with E-state index in [1.54, 1.807) is 0 Å². The van der Waals surface area contributed by atoms with Gasteiger partial charge in [0.25, 0.3) is 0 Å². The summed E-state index contributed by atoms with van der Waals surface area (Å²) in [7, 11) is 0. The van der Waals surface area contributed by atoms with Gasteiger partial charge in [-0.05, 0) is 38.4 Å². The summed E-state index contributed by atoms with van der Waals surface area (Å²) in [4.78, 5) is 9.10. The third kappa shape index (κ3) is 4.40. The molecule has 128 valence electrons. The van der Waals surface area contributed by atoms with Gasteiger partial charge in [-0.3, -0.25) is 0 Å². The third-order valence-electron chi connectivity index (χ3n) is 4.35. The summed E-state index contributed by atoms with van der Waals surface area (Å²) >= 11 is 1.49. The van der Waals surface area contributed by atoms with E-state index in [1.165, 1.54) is 43.0 Å². The van der Waals surface area contributed by atoms with Crippen molar-refractivity contribution in [2.45, 2.75) is 37.3 Å². The highest BCUT2D eigenvalue weighted by Gasteiger charge is 2.15. The van der Waals surface area contributed by atoms with Crippen LogP contribution >= 0.6 is 11.8 Å². The molecule has 0 aliphatic heterocycles. The van der Waals surface area contributed by atoms with Gasteiger partial charge in [-0.25, -0.2) is 9.97 Å². The van der Waals surface area contributed by atoms with Crippen LogP contribution in [0.5, 0.6) is 0 Å². The highest BCUT2D eigenvalue weighted by Crippen LogP contribution is 2.28. The Morgan fingerprint density at radius 3 is 2.72 bits per heavy atom. The van der Waals surface area contributed by atoms with Gasteiger partial charge in [-0.15, -0.1) is 0 Å². The van der Waals surface area contributed by atoms with E-state index in [0.29, 0.717) is 22.2 Å². The number of hydrogen-bond acceptors (Lipinski definition) is 5. The topological polar surface area (TPSA) is 61.6 Å². The van der Waals surface area contributed by atoms with Crippen molar-refractivity contribution in [3.63, 3.8) is 0 Å². The Hall–Kier alpha value is -2.32. The number of allylic oxidation sites excluding steroid dienone is 1. The van der Waals surface area contributed by atoms with Gasteiger partial charge in [-0.2, -0.15) is 5.26 Å². The molecule has 0 atom stereocenters. The van der Waals surface area contributed by atoms with E-state index >= 15 is 0 Å². The van der Waals surface area contributed by atoms with Crippen molar-refractivity contribution in [2.75, 3.05) is 18.1 Å². The molecule has 2 aromatic rings. The van der Waals surface area contributed by atoms with Gasteiger partial charge < -0.3 is 5.32 Å². The van der Waals surface area contributed by atoms with Gasteiger partial charge in [0.1, 0.15) is 17.5 Å². The summed E-state index contributed by atoms with van der Waals surface area (Å²) < 4.78 is 0. The zero-order valence-electron chi connectivity index (χ0n) is 14.5. The maximum Gasteiger partial charge on any atom is 0.189 e. The lowest BCUT2D eigenvalue weighted by molar-refractivity contribution is 0.679.